The van der Waals surface area contributed by atoms with Gasteiger partial charge in [-0.3, -0.25) is 0 Å². The Morgan fingerprint density at radius 3 is 2.71 bits per heavy atom. The predicted octanol–water partition coefficient (Wildman–Crippen LogP) is 3.13. The van der Waals surface area contributed by atoms with E-state index in [0.717, 1.165) is 25.3 Å². The minimum Gasteiger partial charge on any atom is -0.346 e. The maximum atomic E-state index is 5.48. The van der Waals surface area contributed by atoms with E-state index < -0.39 is 0 Å². The van der Waals surface area contributed by atoms with Gasteiger partial charge in [-0.2, -0.15) is 0 Å². The molecule has 0 aromatic carbocycles. The highest BCUT2D eigenvalue weighted by molar-refractivity contribution is 5.09. The van der Waals surface area contributed by atoms with E-state index in [1.807, 2.05) is 0 Å². The fraction of sp³-hybridized carbons (Fsp3) is 0.786. The molecule has 0 saturated heterocycles. The minimum absolute atomic E-state index is 0.758. The first-order valence-corrected chi connectivity index (χ1v) is 7.14. The number of hydrogen-bond donors (Lipinski definition) is 2. The summed E-state index contributed by atoms with van der Waals surface area (Å²) in [6, 6.07) is 0. The molecule has 3 heteroatoms. The van der Waals surface area contributed by atoms with Crippen LogP contribution in [0.3, 0.4) is 0 Å². The highest BCUT2D eigenvalue weighted by Crippen LogP contribution is 2.32. The van der Waals surface area contributed by atoms with Crippen molar-refractivity contribution in [3.8, 4) is 0 Å². The van der Waals surface area contributed by atoms with Crippen molar-refractivity contribution in [2.75, 3.05) is 6.54 Å². The van der Waals surface area contributed by atoms with Gasteiger partial charge in [-0.05, 0) is 32.2 Å². The summed E-state index contributed by atoms with van der Waals surface area (Å²) >= 11 is 0. The molecule has 2 rings (SSSR count). The lowest BCUT2D eigenvalue weighted by Crippen LogP contribution is -1.98. The highest BCUT2D eigenvalue weighted by Gasteiger charge is 2.18. The first kappa shape index (κ1) is 12.6. The van der Waals surface area contributed by atoms with Crippen LogP contribution in [-0.4, -0.2) is 16.5 Å². The van der Waals surface area contributed by atoms with Crippen LogP contribution < -0.4 is 5.73 Å². The summed E-state index contributed by atoms with van der Waals surface area (Å²) in [6.07, 6.45) is 13.5. The molecule has 0 amide bonds. The van der Waals surface area contributed by atoms with Crippen molar-refractivity contribution >= 4 is 0 Å². The number of rotatable bonds is 7. The quantitative estimate of drug-likeness (QED) is 0.713. The summed E-state index contributed by atoms with van der Waals surface area (Å²) in [6.45, 7) is 0.826. The van der Waals surface area contributed by atoms with E-state index in [2.05, 4.69) is 16.2 Å². The molecule has 0 aliphatic heterocycles. The maximum absolute atomic E-state index is 5.48. The number of aromatic nitrogens is 2. The van der Waals surface area contributed by atoms with Gasteiger partial charge < -0.3 is 10.7 Å². The Balaban J connectivity index is 1.70. The average Bonchev–Trinajstić information content (AvgIpc) is 2.99. The molecule has 0 spiro atoms. The van der Waals surface area contributed by atoms with Crippen LogP contribution >= 0.6 is 0 Å². The van der Waals surface area contributed by atoms with Crippen LogP contribution in [0.2, 0.25) is 0 Å². The Kier molecular flexibility index (Phi) is 5.05. The molecule has 1 aromatic rings. The smallest absolute Gasteiger partial charge is 0.106 e. The lowest BCUT2D eigenvalue weighted by atomic mass is 10.1. The van der Waals surface area contributed by atoms with Gasteiger partial charge in [-0.1, -0.05) is 25.7 Å². The molecule has 1 fully saturated rings. The van der Waals surface area contributed by atoms with E-state index in [4.69, 9.17) is 5.73 Å². The summed E-state index contributed by atoms with van der Waals surface area (Å²) in [4.78, 5) is 8.01. The van der Waals surface area contributed by atoms with Crippen molar-refractivity contribution in [1.82, 2.24) is 9.97 Å². The topological polar surface area (TPSA) is 54.7 Å². The number of unbranched alkanes of at least 4 members (excludes halogenated alkanes) is 3. The number of imidazole rings is 1. The van der Waals surface area contributed by atoms with E-state index >= 15 is 0 Å². The Morgan fingerprint density at radius 1 is 1.18 bits per heavy atom. The van der Waals surface area contributed by atoms with Crippen molar-refractivity contribution in [3.05, 3.63) is 17.7 Å². The zero-order valence-corrected chi connectivity index (χ0v) is 10.8. The van der Waals surface area contributed by atoms with Crippen molar-refractivity contribution in [3.63, 3.8) is 0 Å². The van der Waals surface area contributed by atoms with Gasteiger partial charge in [-0.15, -0.1) is 0 Å². The zero-order chi connectivity index (χ0) is 11.9. The van der Waals surface area contributed by atoms with Gasteiger partial charge in [0.15, 0.2) is 0 Å². The molecular weight excluding hydrogens is 210 g/mol. The van der Waals surface area contributed by atoms with Crippen LogP contribution in [0.4, 0.5) is 0 Å². The summed E-state index contributed by atoms with van der Waals surface area (Å²) in [5, 5.41) is 0. The number of nitrogens with zero attached hydrogens (tertiary/aromatic N) is 1. The van der Waals surface area contributed by atoms with E-state index in [-0.39, 0.29) is 0 Å². The first-order chi connectivity index (χ1) is 8.40. The summed E-state index contributed by atoms with van der Waals surface area (Å²) in [5.74, 6) is 1.94. The van der Waals surface area contributed by atoms with Crippen LogP contribution in [-0.2, 0) is 6.42 Å². The van der Waals surface area contributed by atoms with Gasteiger partial charge in [0, 0.05) is 24.2 Å². The largest absolute Gasteiger partial charge is 0.346 e. The molecule has 0 bridgehead atoms. The van der Waals surface area contributed by atoms with Gasteiger partial charge in [0.25, 0.3) is 0 Å². The van der Waals surface area contributed by atoms with Crippen LogP contribution in [0.15, 0.2) is 6.20 Å². The Hall–Kier alpha value is -0.830. The number of nitrogens with two attached hydrogens (primary N) is 1. The molecule has 1 aliphatic rings. The number of hydrogen-bond acceptors (Lipinski definition) is 2. The number of H-pyrrole nitrogens is 1. The van der Waals surface area contributed by atoms with Crippen LogP contribution in [0, 0.1) is 0 Å². The van der Waals surface area contributed by atoms with E-state index in [0.29, 0.717) is 0 Å². The van der Waals surface area contributed by atoms with E-state index in [1.165, 1.54) is 56.5 Å². The highest BCUT2D eigenvalue weighted by atomic mass is 14.9. The predicted molar refractivity (Wildman–Crippen MR) is 71.0 cm³/mol. The van der Waals surface area contributed by atoms with E-state index in [9.17, 15) is 0 Å². The second-order valence-corrected chi connectivity index (χ2v) is 5.22. The molecule has 3 N–H and O–H groups in total. The Labute approximate surface area is 104 Å². The normalized spacial score (nSPS) is 16.8. The molecule has 17 heavy (non-hydrogen) atoms. The average molecular weight is 235 g/mol. The molecule has 96 valence electrons. The van der Waals surface area contributed by atoms with Crippen molar-refractivity contribution in [1.29, 1.82) is 0 Å². The summed E-state index contributed by atoms with van der Waals surface area (Å²) in [5.41, 5.74) is 6.85. The molecule has 1 aromatic heterocycles. The molecule has 1 saturated carbocycles. The molecule has 1 aliphatic carbocycles. The number of aryl methyl sites for hydroxylation is 1. The van der Waals surface area contributed by atoms with Gasteiger partial charge in [0.05, 0.1) is 0 Å². The van der Waals surface area contributed by atoms with Gasteiger partial charge in [-0.25, -0.2) is 4.98 Å². The first-order valence-electron chi connectivity index (χ1n) is 7.14. The Bertz CT molecular complexity index is 313. The molecule has 1 heterocycles. The summed E-state index contributed by atoms with van der Waals surface area (Å²) in [7, 11) is 0. The second-order valence-electron chi connectivity index (χ2n) is 5.22. The number of nitrogens with one attached hydrogen (secondary N) is 1. The number of aromatic amines is 1. The van der Waals surface area contributed by atoms with Crippen LogP contribution in [0.1, 0.15) is 68.8 Å². The van der Waals surface area contributed by atoms with Crippen LogP contribution in [0.5, 0.6) is 0 Å². The lowest BCUT2D eigenvalue weighted by Gasteiger charge is -2.04. The second kappa shape index (κ2) is 6.80. The maximum Gasteiger partial charge on any atom is 0.106 e. The monoisotopic (exact) mass is 235 g/mol. The molecule has 0 unspecified atom stereocenters. The summed E-state index contributed by atoms with van der Waals surface area (Å²) < 4.78 is 0. The molecule has 0 atom stereocenters. The lowest BCUT2D eigenvalue weighted by molar-refractivity contribution is 0.635. The zero-order valence-electron chi connectivity index (χ0n) is 10.8. The third kappa shape index (κ3) is 3.84. The minimum atomic E-state index is 0.758. The van der Waals surface area contributed by atoms with Gasteiger partial charge in [0.2, 0.25) is 0 Å². The molecule has 3 nitrogen and oxygen atoms in total. The third-order valence-electron chi connectivity index (χ3n) is 3.81. The fourth-order valence-corrected chi connectivity index (χ4v) is 2.74. The van der Waals surface area contributed by atoms with Gasteiger partial charge in [0.1, 0.15) is 5.82 Å². The van der Waals surface area contributed by atoms with Crippen molar-refractivity contribution in [2.45, 2.75) is 63.7 Å². The van der Waals surface area contributed by atoms with Gasteiger partial charge >= 0.3 is 0 Å². The Morgan fingerprint density at radius 2 is 1.94 bits per heavy atom. The fourth-order valence-electron chi connectivity index (χ4n) is 2.74. The standard InChI is InChI=1S/C14H25N3/c15-10-6-2-1-3-9-14-16-11-13(17-14)12-7-4-5-8-12/h11-12H,1-10,15H2,(H,16,17). The van der Waals surface area contributed by atoms with E-state index in [1.54, 1.807) is 0 Å². The molecule has 0 radical (unpaired) electrons. The SMILES string of the molecule is NCCCCCCc1ncc(C2CCCC2)[nH]1. The molecular formula is C14H25N3. The van der Waals surface area contributed by atoms with Crippen molar-refractivity contribution < 1.29 is 0 Å². The van der Waals surface area contributed by atoms with Crippen molar-refractivity contribution in [2.24, 2.45) is 5.73 Å². The third-order valence-corrected chi connectivity index (χ3v) is 3.81. The van der Waals surface area contributed by atoms with Crippen LogP contribution in [0.25, 0.3) is 0 Å².